The first kappa shape index (κ1) is 23.5. The molecule has 5 rings (SSSR count). The second-order valence-corrected chi connectivity index (χ2v) is 8.69. The lowest BCUT2D eigenvalue weighted by atomic mass is 10.1. The van der Waals surface area contributed by atoms with Crippen molar-refractivity contribution in [3.63, 3.8) is 0 Å². The third-order valence-corrected chi connectivity index (χ3v) is 6.40. The molecule has 184 valence electrons. The van der Waals surface area contributed by atoms with Crippen LogP contribution in [0.2, 0.25) is 0 Å². The summed E-state index contributed by atoms with van der Waals surface area (Å²) in [5, 5.41) is 4.71. The fourth-order valence-corrected chi connectivity index (χ4v) is 4.30. The summed E-state index contributed by atoms with van der Waals surface area (Å²) in [6.07, 6.45) is 1.48. The molecule has 9 heteroatoms. The Morgan fingerprint density at radius 1 is 0.972 bits per heavy atom. The monoisotopic (exact) mass is 486 g/mol. The number of methoxy groups -OCH3 is 1. The van der Waals surface area contributed by atoms with Gasteiger partial charge in [0.25, 0.3) is 0 Å². The van der Waals surface area contributed by atoms with Gasteiger partial charge in [-0.05, 0) is 30.2 Å². The van der Waals surface area contributed by atoms with Gasteiger partial charge in [0, 0.05) is 37.8 Å². The van der Waals surface area contributed by atoms with Gasteiger partial charge in [-0.25, -0.2) is 14.4 Å². The first-order chi connectivity index (χ1) is 17.5. The molecule has 1 fully saturated rings. The molecule has 0 unspecified atom stereocenters. The fraction of sp³-hybridized carbons (Fsp3) is 0.259. The predicted molar refractivity (Wildman–Crippen MR) is 135 cm³/mol. The molecule has 0 spiro atoms. The molecule has 1 aliphatic heterocycles. The Morgan fingerprint density at radius 2 is 1.75 bits per heavy atom. The highest BCUT2D eigenvalue weighted by atomic mass is 19.1. The van der Waals surface area contributed by atoms with Crippen molar-refractivity contribution in [3.8, 4) is 28.4 Å². The van der Waals surface area contributed by atoms with Crippen molar-refractivity contribution in [2.24, 2.45) is 0 Å². The molecule has 4 aromatic rings. The van der Waals surface area contributed by atoms with Crippen LogP contribution in [0.15, 0.2) is 67.0 Å². The molecule has 1 aliphatic rings. The maximum absolute atomic E-state index is 14.2. The molecule has 3 heterocycles. The van der Waals surface area contributed by atoms with Gasteiger partial charge in [0.05, 0.1) is 18.5 Å². The van der Waals surface area contributed by atoms with Gasteiger partial charge in [-0.3, -0.25) is 9.48 Å². The molecule has 1 saturated heterocycles. The summed E-state index contributed by atoms with van der Waals surface area (Å²) in [7, 11) is 1.57. The van der Waals surface area contributed by atoms with Crippen LogP contribution >= 0.6 is 0 Å². The number of ether oxygens (including phenoxy) is 1. The van der Waals surface area contributed by atoms with E-state index < -0.39 is 0 Å². The Hall–Kier alpha value is -4.27. The van der Waals surface area contributed by atoms with E-state index >= 15 is 0 Å². The highest BCUT2D eigenvalue weighted by molar-refractivity contribution is 5.78. The molecule has 0 atom stereocenters. The number of aromatic nitrogens is 4. The third kappa shape index (κ3) is 4.91. The molecule has 0 N–H and O–H groups in total. The quantitative estimate of drug-likeness (QED) is 0.413. The number of amides is 1. The molecule has 2 aromatic heterocycles. The summed E-state index contributed by atoms with van der Waals surface area (Å²) in [4.78, 5) is 25.6. The minimum atomic E-state index is -0.279. The van der Waals surface area contributed by atoms with Crippen molar-refractivity contribution >= 4 is 11.7 Å². The van der Waals surface area contributed by atoms with Crippen molar-refractivity contribution in [3.05, 3.63) is 78.4 Å². The van der Waals surface area contributed by atoms with Crippen LogP contribution in [0.4, 0.5) is 10.2 Å². The van der Waals surface area contributed by atoms with E-state index in [1.807, 2.05) is 47.4 Å². The smallest absolute Gasteiger partial charge is 0.244 e. The zero-order valence-electron chi connectivity index (χ0n) is 20.3. The summed E-state index contributed by atoms with van der Waals surface area (Å²) >= 11 is 0. The number of aryl methyl sites for hydroxylation is 1. The molecule has 1 amide bonds. The van der Waals surface area contributed by atoms with E-state index in [4.69, 9.17) is 9.84 Å². The molecule has 8 nitrogen and oxygen atoms in total. The van der Waals surface area contributed by atoms with Gasteiger partial charge in [0.1, 0.15) is 24.5 Å². The number of nitrogens with zero attached hydrogens (tertiary/aromatic N) is 6. The lowest BCUT2D eigenvalue weighted by Crippen LogP contribution is -2.50. The van der Waals surface area contributed by atoms with E-state index in [-0.39, 0.29) is 18.3 Å². The van der Waals surface area contributed by atoms with E-state index in [1.165, 1.54) is 12.4 Å². The van der Waals surface area contributed by atoms with Crippen LogP contribution in [0, 0.1) is 12.7 Å². The van der Waals surface area contributed by atoms with Gasteiger partial charge in [-0.15, -0.1) is 0 Å². The largest absolute Gasteiger partial charge is 0.481 e. The highest BCUT2D eigenvalue weighted by Crippen LogP contribution is 2.27. The normalized spacial score (nSPS) is 13.6. The van der Waals surface area contributed by atoms with Gasteiger partial charge in [0.15, 0.2) is 0 Å². The molecular formula is C27H27FN6O2. The molecule has 0 aliphatic carbocycles. The average Bonchev–Trinajstić information content (AvgIpc) is 3.34. The standard InChI is InChI=1S/C27H27FN6O2/c1-19-8-9-21(14-22(19)28)23-15-24(20-6-4-3-5-7-20)34(31-23)17-27(35)33-12-10-32(11-13-33)25-16-26(36-2)30-18-29-25/h3-9,14-16,18H,10-13,17H2,1-2H3. The van der Waals surface area contributed by atoms with Gasteiger partial charge in [-0.2, -0.15) is 5.10 Å². The zero-order valence-corrected chi connectivity index (χ0v) is 20.3. The number of benzene rings is 2. The van der Waals surface area contributed by atoms with E-state index in [9.17, 15) is 9.18 Å². The van der Waals surface area contributed by atoms with E-state index in [0.29, 0.717) is 48.9 Å². The van der Waals surface area contributed by atoms with E-state index in [0.717, 1.165) is 17.1 Å². The molecule has 0 bridgehead atoms. The van der Waals surface area contributed by atoms with Gasteiger partial charge >= 0.3 is 0 Å². The Bertz CT molecular complexity index is 1370. The van der Waals surface area contributed by atoms with Gasteiger partial charge in [-0.1, -0.05) is 42.5 Å². The number of anilines is 1. The Morgan fingerprint density at radius 3 is 2.47 bits per heavy atom. The SMILES string of the molecule is COc1cc(N2CCN(C(=O)Cn3nc(-c4ccc(C)c(F)c4)cc3-c3ccccc3)CC2)ncn1. The average molecular weight is 487 g/mol. The predicted octanol–water partition coefficient (Wildman–Crippen LogP) is 3.81. The first-order valence-corrected chi connectivity index (χ1v) is 11.8. The lowest BCUT2D eigenvalue weighted by molar-refractivity contribution is -0.132. The minimum absolute atomic E-state index is 0.0168. The van der Waals surface area contributed by atoms with Crippen LogP contribution < -0.4 is 9.64 Å². The van der Waals surface area contributed by atoms with Crippen molar-refractivity contribution in [1.29, 1.82) is 0 Å². The maximum atomic E-state index is 14.2. The lowest BCUT2D eigenvalue weighted by Gasteiger charge is -2.35. The molecule has 36 heavy (non-hydrogen) atoms. The van der Waals surface area contributed by atoms with Crippen molar-refractivity contribution in [2.45, 2.75) is 13.5 Å². The third-order valence-electron chi connectivity index (χ3n) is 6.40. The Kier molecular flexibility index (Phi) is 6.62. The second-order valence-electron chi connectivity index (χ2n) is 8.69. The summed E-state index contributed by atoms with van der Waals surface area (Å²) in [5.74, 6) is 0.993. The molecule has 2 aromatic carbocycles. The van der Waals surface area contributed by atoms with E-state index in [2.05, 4.69) is 14.9 Å². The summed E-state index contributed by atoms with van der Waals surface area (Å²) in [5.41, 5.74) is 3.64. The highest BCUT2D eigenvalue weighted by Gasteiger charge is 2.24. The fourth-order valence-electron chi connectivity index (χ4n) is 4.30. The molecular weight excluding hydrogens is 459 g/mol. The van der Waals surface area contributed by atoms with Crippen LogP contribution in [0.5, 0.6) is 5.88 Å². The first-order valence-electron chi connectivity index (χ1n) is 11.8. The second kappa shape index (κ2) is 10.2. The van der Waals surface area contributed by atoms with Crippen LogP contribution in [-0.2, 0) is 11.3 Å². The molecule has 0 radical (unpaired) electrons. The topological polar surface area (TPSA) is 76.4 Å². The number of halogens is 1. The van der Waals surface area contributed by atoms with Gasteiger partial charge in [0.2, 0.25) is 11.8 Å². The van der Waals surface area contributed by atoms with Crippen LogP contribution in [0.1, 0.15) is 5.56 Å². The van der Waals surface area contributed by atoms with Crippen LogP contribution in [-0.4, -0.2) is 63.8 Å². The van der Waals surface area contributed by atoms with Crippen LogP contribution in [0.3, 0.4) is 0 Å². The van der Waals surface area contributed by atoms with Gasteiger partial charge < -0.3 is 14.5 Å². The summed E-state index contributed by atoms with van der Waals surface area (Å²) < 4.78 is 21.1. The number of carbonyl (C=O) groups is 1. The number of hydrogen-bond donors (Lipinski definition) is 0. The number of piperazine rings is 1. The molecule has 0 saturated carbocycles. The van der Waals surface area contributed by atoms with Crippen molar-refractivity contribution in [1.82, 2.24) is 24.6 Å². The van der Waals surface area contributed by atoms with Crippen molar-refractivity contribution in [2.75, 3.05) is 38.2 Å². The summed E-state index contributed by atoms with van der Waals surface area (Å²) in [6.45, 7) is 4.29. The number of hydrogen-bond acceptors (Lipinski definition) is 6. The minimum Gasteiger partial charge on any atom is -0.481 e. The Labute approximate surface area is 209 Å². The number of rotatable bonds is 6. The Balaban J connectivity index is 1.34. The van der Waals surface area contributed by atoms with E-state index in [1.54, 1.807) is 30.8 Å². The zero-order chi connectivity index (χ0) is 25.1. The maximum Gasteiger partial charge on any atom is 0.244 e. The van der Waals surface area contributed by atoms with Crippen LogP contribution in [0.25, 0.3) is 22.5 Å². The number of carbonyl (C=O) groups excluding carboxylic acids is 1. The van der Waals surface area contributed by atoms with Crippen molar-refractivity contribution < 1.29 is 13.9 Å². The summed E-state index contributed by atoms with van der Waals surface area (Å²) in [6, 6.07) is 18.6.